The number of pyridine rings is 1. The number of nitrogens with zero attached hydrogens (tertiary/aromatic N) is 2. The fourth-order valence-electron chi connectivity index (χ4n) is 2.13. The van der Waals surface area contributed by atoms with E-state index >= 15 is 0 Å². The van der Waals surface area contributed by atoms with Crippen LogP contribution in [-0.2, 0) is 4.79 Å². The summed E-state index contributed by atoms with van der Waals surface area (Å²) in [6.45, 7) is 3.25. The zero-order valence-corrected chi connectivity index (χ0v) is 11.2. The molecular weight excluding hydrogens is 284 g/mol. The number of rotatable bonds is 2. The van der Waals surface area contributed by atoms with E-state index < -0.39 is 5.41 Å². The molecular formula is C11H15BrN4O. The highest BCUT2D eigenvalue weighted by atomic mass is 79.9. The molecule has 2 rings (SSSR count). The maximum absolute atomic E-state index is 11.4. The van der Waals surface area contributed by atoms with E-state index in [-0.39, 0.29) is 5.91 Å². The van der Waals surface area contributed by atoms with Crippen molar-refractivity contribution >= 4 is 33.2 Å². The first-order chi connectivity index (χ1) is 7.94. The standard InChI is InChI=1S/C11H15BrN4O/c1-11(10(14)17)2-3-16(6-11)9-7(12)4-15-5-8(9)13/h4-5H,2-3,6,13H2,1H3,(H2,14,17). The van der Waals surface area contributed by atoms with Crippen LogP contribution in [0.15, 0.2) is 16.9 Å². The Bertz CT molecular complexity index is 445. The highest BCUT2D eigenvalue weighted by Crippen LogP contribution is 2.38. The van der Waals surface area contributed by atoms with Crippen LogP contribution in [0.1, 0.15) is 13.3 Å². The van der Waals surface area contributed by atoms with E-state index in [2.05, 4.69) is 25.8 Å². The lowest BCUT2D eigenvalue weighted by molar-refractivity contribution is -0.125. The highest BCUT2D eigenvalue weighted by Gasteiger charge is 2.39. The van der Waals surface area contributed by atoms with Gasteiger partial charge in [0, 0.05) is 19.3 Å². The number of hydrogen-bond donors (Lipinski definition) is 2. The van der Waals surface area contributed by atoms with Gasteiger partial charge >= 0.3 is 0 Å². The molecule has 17 heavy (non-hydrogen) atoms. The van der Waals surface area contributed by atoms with Crippen LogP contribution >= 0.6 is 15.9 Å². The van der Waals surface area contributed by atoms with Crippen LogP contribution in [-0.4, -0.2) is 24.0 Å². The number of carbonyl (C=O) groups excluding carboxylic acids is 1. The summed E-state index contributed by atoms with van der Waals surface area (Å²) in [5, 5.41) is 0. The average molecular weight is 299 g/mol. The lowest BCUT2D eigenvalue weighted by atomic mass is 9.89. The fourth-order valence-corrected chi connectivity index (χ4v) is 2.73. The van der Waals surface area contributed by atoms with Crippen LogP contribution in [0.4, 0.5) is 11.4 Å². The quantitative estimate of drug-likeness (QED) is 0.857. The van der Waals surface area contributed by atoms with Gasteiger partial charge in [0.05, 0.1) is 27.5 Å². The average Bonchev–Trinajstić information content (AvgIpc) is 2.62. The zero-order valence-electron chi connectivity index (χ0n) is 9.61. The van der Waals surface area contributed by atoms with Crippen molar-refractivity contribution in [3.8, 4) is 0 Å². The van der Waals surface area contributed by atoms with Gasteiger partial charge in [-0.1, -0.05) is 0 Å². The largest absolute Gasteiger partial charge is 0.396 e. The molecule has 4 N–H and O–H groups in total. The van der Waals surface area contributed by atoms with Crippen LogP contribution in [0.2, 0.25) is 0 Å². The van der Waals surface area contributed by atoms with E-state index in [0.29, 0.717) is 12.2 Å². The summed E-state index contributed by atoms with van der Waals surface area (Å²) < 4.78 is 0.839. The molecule has 1 aliphatic rings. The molecule has 5 nitrogen and oxygen atoms in total. The third-order valence-corrected chi connectivity index (χ3v) is 3.87. The Morgan fingerprint density at radius 2 is 2.29 bits per heavy atom. The van der Waals surface area contributed by atoms with Crippen molar-refractivity contribution in [3.63, 3.8) is 0 Å². The maximum Gasteiger partial charge on any atom is 0.225 e. The smallest absolute Gasteiger partial charge is 0.225 e. The maximum atomic E-state index is 11.4. The van der Waals surface area contributed by atoms with Gasteiger partial charge in [-0.15, -0.1) is 0 Å². The molecule has 0 bridgehead atoms. The number of aromatic nitrogens is 1. The summed E-state index contributed by atoms with van der Waals surface area (Å²) in [6, 6.07) is 0. The molecule has 1 aromatic heterocycles. The minimum Gasteiger partial charge on any atom is -0.396 e. The minimum absolute atomic E-state index is 0.260. The molecule has 0 radical (unpaired) electrons. The Hall–Kier alpha value is -1.30. The second-order valence-corrected chi connectivity index (χ2v) is 5.51. The Morgan fingerprint density at radius 1 is 1.59 bits per heavy atom. The Morgan fingerprint density at radius 3 is 2.82 bits per heavy atom. The summed E-state index contributed by atoms with van der Waals surface area (Å²) >= 11 is 3.43. The van der Waals surface area contributed by atoms with Crippen LogP contribution in [0.5, 0.6) is 0 Å². The lowest BCUT2D eigenvalue weighted by Gasteiger charge is -2.24. The molecule has 1 aromatic rings. The number of anilines is 2. The first-order valence-electron chi connectivity index (χ1n) is 5.38. The molecule has 0 aliphatic carbocycles. The minimum atomic E-state index is -0.477. The molecule has 2 heterocycles. The molecule has 0 aromatic carbocycles. The van der Waals surface area contributed by atoms with Crippen LogP contribution in [0, 0.1) is 5.41 Å². The van der Waals surface area contributed by atoms with Crippen molar-refractivity contribution < 1.29 is 4.79 Å². The fraction of sp³-hybridized carbons (Fsp3) is 0.455. The number of amides is 1. The van der Waals surface area contributed by atoms with Gasteiger partial charge in [-0.3, -0.25) is 9.78 Å². The van der Waals surface area contributed by atoms with Crippen molar-refractivity contribution in [1.29, 1.82) is 0 Å². The van der Waals surface area contributed by atoms with Crippen molar-refractivity contribution in [3.05, 3.63) is 16.9 Å². The van der Waals surface area contributed by atoms with Gasteiger partial charge in [-0.25, -0.2) is 0 Å². The molecule has 0 spiro atoms. The topological polar surface area (TPSA) is 85.2 Å². The number of primary amides is 1. The molecule has 6 heteroatoms. The van der Waals surface area contributed by atoms with Gasteiger partial charge in [0.2, 0.25) is 5.91 Å². The number of nitrogen functional groups attached to an aromatic ring is 1. The van der Waals surface area contributed by atoms with Gasteiger partial charge in [0.25, 0.3) is 0 Å². The predicted octanol–water partition coefficient (Wildman–Crippen LogP) is 1.13. The first kappa shape index (κ1) is 12.2. The normalized spacial score (nSPS) is 24.0. The summed E-state index contributed by atoms with van der Waals surface area (Å²) in [7, 11) is 0. The van der Waals surface area contributed by atoms with Crippen molar-refractivity contribution in [2.24, 2.45) is 11.1 Å². The lowest BCUT2D eigenvalue weighted by Crippen LogP contribution is -2.37. The number of carbonyl (C=O) groups is 1. The van der Waals surface area contributed by atoms with Gasteiger partial charge in [-0.05, 0) is 29.3 Å². The highest BCUT2D eigenvalue weighted by molar-refractivity contribution is 9.10. The summed E-state index contributed by atoms with van der Waals surface area (Å²) in [5.41, 5.74) is 12.4. The van der Waals surface area contributed by atoms with Crippen molar-refractivity contribution in [1.82, 2.24) is 4.98 Å². The third kappa shape index (κ3) is 2.09. The van der Waals surface area contributed by atoms with Gasteiger partial charge in [0.15, 0.2) is 0 Å². The summed E-state index contributed by atoms with van der Waals surface area (Å²) in [6.07, 6.45) is 4.06. The molecule has 1 amide bonds. The summed E-state index contributed by atoms with van der Waals surface area (Å²) in [4.78, 5) is 17.5. The predicted molar refractivity (Wildman–Crippen MR) is 70.5 cm³/mol. The van der Waals surface area contributed by atoms with Gasteiger partial charge in [0.1, 0.15) is 0 Å². The van der Waals surface area contributed by atoms with E-state index in [0.717, 1.165) is 23.1 Å². The monoisotopic (exact) mass is 298 g/mol. The first-order valence-corrected chi connectivity index (χ1v) is 6.17. The van der Waals surface area contributed by atoms with E-state index in [9.17, 15) is 4.79 Å². The Balaban J connectivity index is 2.30. The molecule has 1 unspecified atom stereocenters. The van der Waals surface area contributed by atoms with Crippen molar-refractivity contribution in [2.75, 3.05) is 23.7 Å². The summed E-state index contributed by atoms with van der Waals surface area (Å²) in [5.74, 6) is -0.260. The molecule has 1 fully saturated rings. The van der Waals surface area contributed by atoms with Gasteiger partial charge < -0.3 is 16.4 Å². The second-order valence-electron chi connectivity index (χ2n) is 4.66. The second kappa shape index (κ2) is 4.18. The molecule has 1 aliphatic heterocycles. The van der Waals surface area contributed by atoms with Gasteiger partial charge in [-0.2, -0.15) is 0 Å². The van der Waals surface area contributed by atoms with Crippen molar-refractivity contribution in [2.45, 2.75) is 13.3 Å². The Labute approximate surface area is 108 Å². The van der Waals surface area contributed by atoms with E-state index in [1.165, 1.54) is 0 Å². The van der Waals surface area contributed by atoms with Crippen LogP contribution in [0.25, 0.3) is 0 Å². The SMILES string of the molecule is CC1(C(N)=O)CCN(c2c(N)cncc2Br)C1. The molecule has 92 valence electrons. The van der Waals surface area contributed by atoms with Crippen LogP contribution < -0.4 is 16.4 Å². The third-order valence-electron chi connectivity index (χ3n) is 3.29. The van der Waals surface area contributed by atoms with E-state index in [4.69, 9.17) is 11.5 Å². The number of hydrogen-bond acceptors (Lipinski definition) is 4. The molecule has 0 saturated carbocycles. The number of halogens is 1. The number of nitrogens with two attached hydrogens (primary N) is 2. The van der Waals surface area contributed by atoms with Crippen LogP contribution in [0.3, 0.4) is 0 Å². The molecule has 1 saturated heterocycles. The Kier molecular flexibility index (Phi) is 2.99. The van der Waals surface area contributed by atoms with E-state index in [1.54, 1.807) is 12.4 Å². The van der Waals surface area contributed by atoms with E-state index in [1.807, 2.05) is 6.92 Å². The molecule has 1 atom stereocenters. The zero-order chi connectivity index (χ0) is 12.6.